The van der Waals surface area contributed by atoms with Gasteiger partial charge in [-0.25, -0.2) is 0 Å². The molecule has 0 heterocycles. The summed E-state index contributed by atoms with van der Waals surface area (Å²) < 4.78 is 5.87. The maximum Gasteiger partial charge on any atom is 0.0703 e. The summed E-state index contributed by atoms with van der Waals surface area (Å²) in [5.74, 6) is 0. The zero-order chi connectivity index (χ0) is 8.97. The van der Waals surface area contributed by atoms with Crippen LogP contribution in [0.2, 0.25) is 0 Å². The summed E-state index contributed by atoms with van der Waals surface area (Å²) in [5, 5.41) is 3.28. The molecule has 0 aromatic carbocycles. The van der Waals surface area contributed by atoms with Crippen LogP contribution in [0, 0.1) is 0 Å². The molecule has 0 aromatic rings. The number of nitrogens with one attached hydrogen (secondary N) is 1. The van der Waals surface area contributed by atoms with Gasteiger partial charge >= 0.3 is 0 Å². The molecule has 0 aliphatic heterocycles. The van der Waals surface area contributed by atoms with Gasteiger partial charge in [-0.05, 0) is 39.7 Å². The first-order chi connectivity index (χ1) is 5.77. The van der Waals surface area contributed by atoms with E-state index in [1.165, 1.54) is 19.3 Å². The van der Waals surface area contributed by atoms with Crippen LogP contribution in [0.15, 0.2) is 0 Å². The predicted octanol–water partition coefficient (Wildman–Crippen LogP) is 1.94. The van der Waals surface area contributed by atoms with Crippen molar-refractivity contribution >= 4 is 0 Å². The van der Waals surface area contributed by atoms with Gasteiger partial charge in [-0.1, -0.05) is 6.92 Å². The minimum Gasteiger partial charge on any atom is -0.374 e. The van der Waals surface area contributed by atoms with Gasteiger partial charge in [0.2, 0.25) is 0 Å². The van der Waals surface area contributed by atoms with Crippen LogP contribution in [-0.4, -0.2) is 25.3 Å². The molecule has 2 atom stereocenters. The summed E-state index contributed by atoms with van der Waals surface area (Å²) >= 11 is 0. The van der Waals surface area contributed by atoms with E-state index in [9.17, 15) is 0 Å². The second-order valence-electron chi connectivity index (χ2n) is 3.70. The molecule has 1 aliphatic rings. The highest BCUT2D eigenvalue weighted by Crippen LogP contribution is 2.24. The van der Waals surface area contributed by atoms with Crippen molar-refractivity contribution in [1.82, 2.24) is 5.32 Å². The van der Waals surface area contributed by atoms with E-state index in [1.807, 2.05) is 7.05 Å². The normalized spacial score (nSPS) is 23.2. The highest BCUT2D eigenvalue weighted by Gasteiger charge is 2.23. The van der Waals surface area contributed by atoms with E-state index in [-0.39, 0.29) is 0 Å². The Balaban J connectivity index is 2.19. The van der Waals surface area contributed by atoms with Crippen molar-refractivity contribution < 1.29 is 4.74 Å². The van der Waals surface area contributed by atoms with Crippen molar-refractivity contribution in [3.05, 3.63) is 0 Å². The molecule has 0 spiro atoms. The van der Waals surface area contributed by atoms with Gasteiger partial charge in [-0.2, -0.15) is 0 Å². The monoisotopic (exact) mass is 171 g/mol. The van der Waals surface area contributed by atoms with Gasteiger partial charge < -0.3 is 10.1 Å². The minimum atomic E-state index is 0.366. The van der Waals surface area contributed by atoms with Crippen molar-refractivity contribution in [3.63, 3.8) is 0 Å². The van der Waals surface area contributed by atoms with Crippen LogP contribution in [0.25, 0.3) is 0 Å². The fraction of sp³-hybridized carbons (Fsp3) is 1.00. The molecule has 2 heteroatoms. The molecular formula is C10H21NO. The standard InChI is InChI=1S/C10H21NO/c1-4-10(11-3)8(2)12-9-6-5-7-9/h8-11H,4-7H2,1-3H3. The molecule has 1 N–H and O–H groups in total. The molecule has 2 unspecified atom stereocenters. The second kappa shape index (κ2) is 4.83. The maximum absolute atomic E-state index is 5.87. The lowest BCUT2D eigenvalue weighted by Crippen LogP contribution is -2.40. The van der Waals surface area contributed by atoms with Crippen LogP contribution >= 0.6 is 0 Å². The minimum absolute atomic E-state index is 0.366. The lowest BCUT2D eigenvalue weighted by molar-refractivity contribution is -0.0571. The maximum atomic E-state index is 5.87. The summed E-state index contributed by atoms with van der Waals surface area (Å²) in [5.41, 5.74) is 0. The lowest BCUT2D eigenvalue weighted by Gasteiger charge is -2.32. The summed E-state index contributed by atoms with van der Waals surface area (Å²) in [6.07, 6.45) is 5.96. The van der Waals surface area contributed by atoms with Crippen LogP contribution in [-0.2, 0) is 4.74 Å². The van der Waals surface area contributed by atoms with Crippen molar-refractivity contribution in [2.45, 2.75) is 57.8 Å². The van der Waals surface area contributed by atoms with Crippen molar-refractivity contribution in [2.24, 2.45) is 0 Å². The number of ether oxygens (including phenoxy) is 1. The van der Waals surface area contributed by atoms with E-state index < -0.39 is 0 Å². The third-order valence-corrected chi connectivity index (χ3v) is 2.84. The molecule has 0 saturated heterocycles. The van der Waals surface area contributed by atoms with Gasteiger partial charge in [0.15, 0.2) is 0 Å². The number of likely N-dealkylation sites (N-methyl/N-ethyl adjacent to an activating group) is 1. The predicted molar refractivity (Wildman–Crippen MR) is 51.3 cm³/mol. The summed E-state index contributed by atoms with van der Waals surface area (Å²) in [7, 11) is 2.01. The average molecular weight is 171 g/mol. The lowest BCUT2D eigenvalue weighted by atomic mass is 9.95. The molecule has 12 heavy (non-hydrogen) atoms. The molecule has 1 aliphatic carbocycles. The average Bonchev–Trinajstić information content (AvgIpc) is 1.99. The quantitative estimate of drug-likeness (QED) is 0.682. The largest absolute Gasteiger partial charge is 0.374 e. The topological polar surface area (TPSA) is 21.3 Å². The highest BCUT2D eigenvalue weighted by molar-refractivity contribution is 4.76. The smallest absolute Gasteiger partial charge is 0.0703 e. The van der Waals surface area contributed by atoms with Gasteiger partial charge in [-0.3, -0.25) is 0 Å². The van der Waals surface area contributed by atoms with E-state index in [0.29, 0.717) is 18.2 Å². The molecule has 2 nitrogen and oxygen atoms in total. The molecule has 1 saturated carbocycles. The fourth-order valence-corrected chi connectivity index (χ4v) is 1.68. The van der Waals surface area contributed by atoms with Crippen LogP contribution in [0.5, 0.6) is 0 Å². The number of hydrogen-bond acceptors (Lipinski definition) is 2. The van der Waals surface area contributed by atoms with Crippen LogP contribution in [0.1, 0.15) is 39.5 Å². The van der Waals surface area contributed by atoms with Gasteiger partial charge in [0.05, 0.1) is 12.2 Å². The Hall–Kier alpha value is -0.0800. The van der Waals surface area contributed by atoms with Gasteiger partial charge in [-0.15, -0.1) is 0 Å². The molecule has 72 valence electrons. The van der Waals surface area contributed by atoms with Crippen molar-refractivity contribution in [3.8, 4) is 0 Å². The Bertz CT molecular complexity index is 119. The third kappa shape index (κ3) is 2.46. The Morgan fingerprint density at radius 3 is 2.50 bits per heavy atom. The Labute approximate surface area is 75.7 Å². The number of hydrogen-bond donors (Lipinski definition) is 1. The van der Waals surface area contributed by atoms with E-state index in [4.69, 9.17) is 4.74 Å². The zero-order valence-corrected chi connectivity index (χ0v) is 8.47. The van der Waals surface area contributed by atoms with E-state index in [0.717, 1.165) is 6.42 Å². The first-order valence-corrected chi connectivity index (χ1v) is 5.10. The SMILES string of the molecule is CCC(NC)C(C)OC1CCC1. The van der Waals surface area contributed by atoms with E-state index >= 15 is 0 Å². The van der Waals surface area contributed by atoms with Gasteiger partial charge in [0.25, 0.3) is 0 Å². The Kier molecular flexibility index (Phi) is 4.02. The fourth-order valence-electron chi connectivity index (χ4n) is 1.68. The second-order valence-corrected chi connectivity index (χ2v) is 3.70. The Morgan fingerprint density at radius 1 is 1.50 bits per heavy atom. The third-order valence-electron chi connectivity index (χ3n) is 2.84. The molecule has 0 bridgehead atoms. The van der Waals surface area contributed by atoms with Crippen molar-refractivity contribution in [2.75, 3.05) is 7.05 Å². The van der Waals surface area contributed by atoms with Gasteiger partial charge in [0, 0.05) is 6.04 Å². The number of rotatable bonds is 5. The summed E-state index contributed by atoms with van der Waals surface area (Å²) in [6.45, 7) is 4.37. The first kappa shape index (κ1) is 10.0. The van der Waals surface area contributed by atoms with Crippen LogP contribution in [0.3, 0.4) is 0 Å². The molecule has 1 rings (SSSR count). The zero-order valence-electron chi connectivity index (χ0n) is 8.47. The molecule has 0 radical (unpaired) electrons. The highest BCUT2D eigenvalue weighted by atomic mass is 16.5. The van der Waals surface area contributed by atoms with Crippen LogP contribution in [0.4, 0.5) is 0 Å². The summed E-state index contributed by atoms with van der Waals surface area (Å²) in [6, 6.07) is 0.519. The first-order valence-electron chi connectivity index (χ1n) is 5.10. The van der Waals surface area contributed by atoms with E-state index in [2.05, 4.69) is 19.2 Å². The van der Waals surface area contributed by atoms with Crippen LogP contribution < -0.4 is 5.32 Å². The van der Waals surface area contributed by atoms with Crippen molar-refractivity contribution in [1.29, 1.82) is 0 Å². The molecule has 1 fully saturated rings. The Morgan fingerprint density at radius 2 is 2.17 bits per heavy atom. The van der Waals surface area contributed by atoms with E-state index in [1.54, 1.807) is 0 Å². The summed E-state index contributed by atoms with van der Waals surface area (Å²) in [4.78, 5) is 0. The van der Waals surface area contributed by atoms with Gasteiger partial charge in [0.1, 0.15) is 0 Å². The molecular weight excluding hydrogens is 150 g/mol. The molecule has 0 aromatic heterocycles. The molecule has 0 amide bonds.